The largest absolute Gasteiger partial charge is 0.464 e. The van der Waals surface area contributed by atoms with Gasteiger partial charge in [-0.05, 0) is 43.7 Å². The van der Waals surface area contributed by atoms with Gasteiger partial charge in [-0.3, -0.25) is 0 Å². The van der Waals surface area contributed by atoms with E-state index in [1.165, 1.54) is 0 Å². The first-order valence-corrected chi connectivity index (χ1v) is 8.87. The molecule has 0 saturated heterocycles. The number of carbonyl (C=O) groups is 1. The van der Waals surface area contributed by atoms with Gasteiger partial charge in [0.25, 0.3) is 0 Å². The molecule has 2 aliphatic carbocycles. The van der Waals surface area contributed by atoms with Crippen LogP contribution in [0.4, 0.5) is 0 Å². The van der Waals surface area contributed by atoms with Crippen molar-refractivity contribution in [3.05, 3.63) is 58.3 Å². The third kappa shape index (κ3) is 2.48. The number of carbonyl (C=O) groups excluding carboxylic acids is 1. The molecule has 5 nitrogen and oxygen atoms in total. The van der Waals surface area contributed by atoms with Gasteiger partial charge in [-0.2, -0.15) is 10.5 Å². The molecule has 2 N–H and O–H groups in total. The number of hydrogen-bond donors (Lipinski definition) is 1. The first-order chi connectivity index (χ1) is 12.6. The van der Waals surface area contributed by atoms with Crippen molar-refractivity contribution in [2.24, 2.45) is 11.1 Å². The summed E-state index contributed by atoms with van der Waals surface area (Å²) in [6.45, 7) is 1.84. The SMILES string of the molecule is CCOC(=O)[C@]1(C#N)C(N)=C(C#N)C2=C(CCCC2)[C@@H]1c1ccccc1. The van der Waals surface area contributed by atoms with E-state index in [-0.39, 0.29) is 17.9 Å². The van der Waals surface area contributed by atoms with E-state index in [2.05, 4.69) is 12.1 Å². The lowest BCUT2D eigenvalue weighted by atomic mass is 9.59. The topological polar surface area (TPSA) is 99.9 Å². The molecule has 0 amide bonds. The summed E-state index contributed by atoms with van der Waals surface area (Å²) in [6, 6.07) is 13.8. The van der Waals surface area contributed by atoms with Crippen LogP contribution in [-0.4, -0.2) is 12.6 Å². The number of ether oxygens (including phenoxy) is 1. The Kier molecular flexibility index (Phi) is 4.82. The van der Waals surface area contributed by atoms with Crippen LogP contribution in [0, 0.1) is 28.1 Å². The Balaban J connectivity index is 2.34. The van der Waals surface area contributed by atoms with Crippen molar-refractivity contribution in [3.63, 3.8) is 0 Å². The summed E-state index contributed by atoms with van der Waals surface area (Å²) in [4.78, 5) is 13.0. The second-order valence-corrected chi connectivity index (χ2v) is 6.60. The number of allylic oxidation sites excluding steroid dienone is 3. The quantitative estimate of drug-likeness (QED) is 0.844. The smallest absolute Gasteiger partial charge is 0.333 e. The van der Waals surface area contributed by atoms with Crippen molar-refractivity contribution in [2.75, 3.05) is 6.61 Å². The zero-order chi connectivity index (χ0) is 18.7. The average Bonchev–Trinajstić information content (AvgIpc) is 2.68. The molecule has 26 heavy (non-hydrogen) atoms. The molecule has 1 aromatic carbocycles. The summed E-state index contributed by atoms with van der Waals surface area (Å²) in [6.07, 6.45) is 3.42. The first-order valence-electron chi connectivity index (χ1n) is 8.87. The van der Waals surface area contributed by atoms with Crippen molar-refractivity contribution >= 4 is 5.97 Å². The number of benzene rings is 1. The summed E-state index contributed by atoms with van der Waals surface area (Å²) in [5.74, 6) is -1.21. The van der Waals surface area contributed by atoms with E-state index in [1.54, 1.807) is 6.92 Å². The Morgan fingerprint density at radius 3 is 2.58 bits per heavy atom. The zero-order valence-corrected chi connectivity index (χ0v) is 14.8. The standard InChI is InChI=1S/C21H21N3O2/c1-2-26-20(25)21(13-23)18(14-8-4-3-5-9-14)16-11-7-6-10-15(16)17(12-22)19(21)24/h3-5,8-9,18H,2,6-7,10-11,24H2,1H3/t18-,21-/m0/s1. The number of hydrogen-bond acceptors (Lipinski definition) is 5. The van der Waals surface area contributed by atoms with E-state index in [0.29, 0.717) is 0 Å². The third-order valence-electron chi connectivity index (χ3n) is 5.31. The Labute approximate surface area is 153 Å². The molecule has 0 heterocycles. The Hall–Kier alpha value is -3.05. The maximum absolute atomic E-state index is 13.0. The third-order valence-corrected chi connectivity index (χ3v) is 5.31. The summed E-state index contributed by atoms with van der Waals surface area (Å²) >= 11 is 0. The maximum atomic E-state index is 13.0. The first kappa shape index (κ1) is 17.8. The predicted octanol–water partition coefficient (Wildman–Crippen LogP) is 3.46. The number of nitrogens with two attached hydrogens (primary N) is 1. The number of rotatable bonds is 3. The molecule has 0 radical (unpaired) electrons. The lowest BCUT2D eigenvalue weighted by molar-refractivity contribution is -0.151. The molecule has 2 atom stereocenters. The van der Waals surface area contributed by atoms with Crippen LogP contribution in [0.3, 0.4) is 0 Å². The highest BCUT2D eigenvalue weighted by molar-refractivity contribution is 5.88. The van der Waals surface area contributed by atoms with Gasteiger partial charge in [0.05, 0.1) is 23.9 Å². The van der Waals surface area contributed by atoms with Gasteiger partial charge in [-0.15, -0.1) is 0 Å². The summed E-state index contributed by atoms with van der Waals surface area (Å²) in [7, 11) is 0. The van der Waals surface area contributed by atoms with Crippen LogP contribution in [0.15, 0.2) is 52.7 Å². The molecule has 0 aliphatic heterocycles. The molecular weight excluding hydrogens is 326 g/mol. The number of nitriles is 2. The van der Waals surface area contributed by atoms with Gasteiger partial charge in [-0.25, -0.2) is 4.79 Å². The van der Waals surface area contributed by atoms with Gasteiger partial charge in [0.2, 0.25) is 5.41 Å². The molecular formula is C21H21N3O2. The molecule has 0 bridgehead atoms. The van der Waals surface area contributed by atoms with Gasteiger partial charge in [0.1, 0.15) is 6.07 Å². The molecule has 0 spiro atoms. The molecule has 0 unspecified atom stereocenters. The zero-order valence-electron chi connectivity index (χ0n) is 14.8. The molecule has 2 aliphatic rings. The van der Waals surface area contributed by atoms with Gasteiger partial charge in [0.15, 0.2) is 0 Å². The predicted molar refractivity (Wildman–Crippen MR) is 96.2 cm³/mol. The molecule has 132 valence electrons. The normalized spacial score (nSPS) is 25.1. The molecule has 3 rings (SSSR count). The van der Waals surface area contributed by atoms with Gasteiger partial charge in [-0.1, -0.05) is 35.9 Å². The van der Waals surface area contributed by atoms with Crippen LogP contribution in [-0.2, 0) is 9.53 Å². The van der Waals surface area contributed by atoms with Crippen LogP contribution >= 0.6 is 0 Å². The second-order valence-electron chi connectivity index (χ2n) is 6.60. The highest BCUT2D eigenvalue weighted by atomic mass is 16.5. The Morgan fingerprint density at radius 2 is 1.96 bits per heavy atom. The minimum atomic E-state index is -1.71. The van der Waals surface area contributed by atoms with Gasteiger partial charge >= 0.3 is 5.97 Å². The van der Waals surface area contributed by atoms with Crippen molar-refractivity contribution in [1.82, 2.24) is 0 Å². The maximum Gasteiger partial charge on any atom is 0.333 e. The van der Waals surface area contributed by atoms with E-state index in [0.717, 1.165) is 42.4 Å². The van der Waals surface area contributed by atoms with E-state index < -0.39 is 17.3 Å². The van der Waals surface area contributed by atoms with Crippen LogP contribution < -0.4 is 5.73 Å². The van der Waals surface area contributed by atoms with E-state index in [9.17, 15) is 15.3 Å². The lowest BCUT2D eigenvalue weighted by Gasteiger charge is -2.41. The van der Waals surface area contributed by atoms with Crippen LogP contribution in [0.2, 0.25) is 0 Å². The average molecular weight is 347 g/mol. The van der Waals surface area contributed by atoms with E-state index >= 15 is 0 Å². The van der Waals surface area contributed by atoms with Gasteiger partial charge in [0, 0.05) is 5.92 Å². The number of nitrogens with zero attached hydrogens (tertiary/aromatic N) is 2. The highest BCUT2D eigenvalue weighted by Crippen LogP contribution is 2.55. The fourth-order valence-electron chi connectivity index (χ4n) is 4.18. The van der Waals surface area contributed by atoms with Gasteiger partial charge < -0.3 is 10.5 Å². The Morgan fingerprint density at radius 1 is 1.27 bits per heavy atom. The van der Waals surface area contributed by atoms with Crippen molar-refractivity contribution in [2.45, 2.75) is 38.5 Å². The fourth-order valence-corrected chi connectivity index (χ4v) is 4.18. The molecule has 1 aromatic rings. The Bertz CT molecular complexity index is 871. The lowest BCUT2D eigenvalue weighted by Crippen LogP contribution is -2.46. The molecule has 5 heteroatoms. The monoisotopic (exact) mass is 347 g/mol. The van der Waals surface area contributed by atoms with Crippen LogP contribution in [0.25, 0.3) is 0 Å². The van der Waals surface area contributed by atoms with Crippen molar-refractivity contribution in [3.8, 4) is 12.1 Å². The van der Waals surface area contributed by atoms with Crippen LogP contribution in [0.1, 0.15) is 44.1 Å². The molecule has 0 aromatic heterocycles. The minimum Gasteiger partial charge on any atom is -0.464 e. The summed E-state index contributed by atoms with van der Waals surface area (Å²) < 4.78 is 5.26. The van der Waals surface area contributed by atoms with Crippen molar-refractivity contribution in [1.29, 1.82) is 10.5 Å². The second kappa shape index (κ2) is 7.06. The van der Waals surface area contributed by atoms with E-state index in [1.807, 2.05) is 30.3 Å². The highest BCUT2D eigenvalue weighted by Gasteiger charge is 2.56. The fraction of sp³-hybridized carbons (Fsp3) is 0.381. The molecule has 0 saturated carbocycles. The summed E-state index contributed by atoms with van der Waals surface area (Å²) in [5.41, 5.74) is 7.66. The van der Waals surface area contributed by atoms with Crippen LogP contribution in [0.5, 0.6) is 0 Å². The minimum absolute atomic E-state index is 0.0236. The number of esters is 1. The molecule has 0 fully saturated rings. The summed E-state index contributed by atoms with van der Waals surface area (Å²) in [5, 5.41) is 19.9. The van der Waals surface area contributed by atoms with Crippen molar-refractivity contribution < 1.29 is 9.53 Å². The van der Waals surface area contributed by atoms with E-state index in [4.69, 9.17) is 10.5 Å².